The summed E-state index contributed by atoms with van der Waals surface area (Å²) in [7, 11) is 0. The van der Waals surface area contributed by atoms with Crippen molar-refractivity contribution in [2.45, 2.75) is 0 Å². The molecule has 2 rings (SSSR count). The summed E-state index contributed by atoms with van der Waals surface area (Å²) in [5.41, 5.74) is 0.556. The minimum absolute atomic E-state index is 0.185. The average Bonchev–Trinajstić information content (AvgIpc) is 2.93. The molecule has 84 valence electrons. The predicted octanol–water partition coefficient (Wildman–Crippen LogP) is 2.42. The Morgan fingerprint density at radius 1 is 1.12 bits per heavy atom. The largest absolute Gasteiger partial charge is 0.478 e. The van der Waals surface area contributed by atoms with E-state index in [0.29, 0.717) is 5.56 Å². The van der Waals surface area contributed by atoms with E-state index in [1.54, 1.807) is 16.8 Å². The topological polar surface area (TPSA) is 87.7 Å². The molecule has 2 aromatic heterocycles. The molecular weight excluding hydrogens is 232 g/mol. The lowest BCUT2D eigenvalue weighted by Crippen LogP contribution is -1.90. The van der Waals surface area contributed by atoms with Gasteiger partial charge in [0.25, 0.3) is 0 Å². The molecule has 0 aliphatic carbocycles. The maximum absolute atomic E-state index is 10.1. The number of thiophene rings is 1. The summed E-state index contributed by atoms with van der Waals surface area (Å²) in [4.78, 5) is 20.1. The fraction of sp³-hybridized carbons (Fsp3) is 0. The second kappa shape index (κ2) is 5.72. The lowest BCUT2D eigenvalue weighted by atomic mass is 10.4. The van der Waals surface area contributed by atoms with Gasteiger partial charge >= 0.3 is 11.9 Å². The van der Waals surface area contributed by atoms with E-state index >= 15 is 0 Å². The molecule has 0 saturated carbocycles. The minimum Gasteiger partial charge on any atom is -0.478 e. The van der Waals surface area contributed by atoms with Gasteiger partial charge in [0.05, 0.1) is 17.4 Å². The average molecular weight is 240 g/mol. The van der Waals surface area contributed by atoms with Crippen molar-refractivity contribution in [1.29, 1.82) is 0 Å². The molecule has 6 heteroatoms. The SMILES string of the molecule is O=C(O)c1ccoc1.O=C(O)c1ccsc1. The Kier molecular flexibility index (Phi) is 4.28. The van der Waals surface area contributed by atoms with Crippen molar-refractivity contribution >= 4 is 23.3 Å². The third-order valence-corrected chi connectivity index (χ3v) is 2.22. The quantitative estimate of drug-likeness (QED) is 0.841. The number of rotatable bonds is 2. The van der Waals surface area contributed by atoms with Crippen molar-refractivity contribution in [1.82, 2.24) is 0 Å². The summed E-state index contributed by atoms with van der Waals surface area (Å²) in [6.45, 7) is 0. The highest BCUT2D eigenvalue weighted by Crippen LogP contribution is 2.04. The highest BCUT2D eigenvalue weighted by Gasteiger charge is 2.00. The molecule has 0 spiro atoms. The Bertz CT molecular complexity index is 399. The van der Waals surface area contributed by atoms with Gasteiger partial charge in [-0.15, -0.1) is 0 Å². The van der Waals surface area contributed by atoms with Crippen LogP contribution in [0.4, 0.5) is 0 Å². The van der Waals surface area contributed by atoms with Gasteiger partial charge in [0, 0.05) is 5.38 Å². The maximum atomic E-state index is 10.1. The van der Waals surface area contributed by atoms with Crippen molar-refractivity contribution in [3.05, 3.63) is 46.5 Å². The maximum Gasteiger partial charge on any atom is 0.338 e. The van der Waals surface area contributed by atoms with Crippen LogP contribution in [0.2, 0.25) is 0 Å². The summed E-state index contributed by atoms with van der Waals surface area (Å²) in [6.07, 6.45) is 2.51. The number of hydrogen-bond acceptors (Lipinski definition) is 4. The van der Waals surface area contributed by atoms with Crippen LogP contribution in [0.1, 0.15) is 20.7 Å². The van der Waals surface area contributed by atoms with E-state index < -0.39 is 11.9 Å². The second-order valence-electron chi connectivity index (χ2n) is 2.63. The first kappa shape index (κ1) is 12.0. The van der Waals surface area contributed by atoms with E-state index in [0.717, 1.165) is 0 Å². The van der Waals surface area contributed by atoms with E-state index in [1.807, 2.05) is 0 Å². The van der Waals surface area contributed by atoms with E-state index in [1.165, 1.54) is 29.9 Å². The normalized spacial score (nSPS) is 9.00. The molecule has 2 aromatic rings. The lowest BCUT2D eigenvalue weighted by molar-refractivity contribution is 0.0686. The standard InChI is InChI=1S/C5H4O3.C5H4O2S/c2*6-5(7)4-1-2-8-3-4/h2*1-3H,(H,6,7). The van der Waals surface area contributed by atoms with Crippen LogP contribution in [0.25, 0.3) is 0 Å². The van der Waals surface area contributed by atoms with Crippen LogP contribution in [0.3, 0.4) is 0 Å². The van der Waals surface area contributed by atoms with E-state index in [9.17, 15) is 9.59 Å². The summed E-state index contributed by atoms with van der Waals surface area (Å²) in [5, 5.41) is 19.8. The first-order valence-corrected chi connectivity index (χ1v) is 5.06. The van der Waals surface area contributed by atoms with Crippen LogP contribution < -0.4 is 0 Å². The smallest absolute Gasteiger partial charge is 0.338 e. The molecule has 0 atom stereocenters. The van der Waals surface area contributed by atoms with Crippen LogP contribution in [0.15, 0.2) is 39.8 Å². The van der Waals surface area contributed by atoms with Crippen LogP contribution >= 0.6 is 11.3 Å². The van der Waals surface area contributed by atoms with Gasteiger partial charge in [-0.05, 0) is 17.5 Å². The van der Waals surface area contributed by atoms with Crippen molar-refractivity contribution in [3.63, 3.8) is 0 Å². The van der Waals surface area contributed by atoms with Gasteiger partial charge in [-0.2, -0.15) is 11.3 Å². The fourth-order valence-corrected chi connectivity index (χ4v) is 1.40. The molecule has 0 aliphatic rings. The van der Waals surface area contributed by atoms with Gasteiger partial charge in [-0.25, -0.2) is 9.59 Å². The van der Waals surface area contributed by atoms with Crippen molar-refractivity contribution in [2.24, 2.45) is 0 Å². The zero-order valence-corrected chi connectivity index (χ0v) is 8.81. The molecule has 2 N–H and O–H groups in total. The van der Waals surface area contributed by atoms with Gasteiger partial charge in [0.2, 0.25) is 0 Å². The Labute approximate surface area is 94.6 Å². The summed E-state index contributed by atoms with van der Waals surface area (Å²) < 4.78 is 4.49. The summed E-state index contributed by atoms with van der Waals surface area (Å²) in [5.74, 6) is -1.81. The molecule has 0 unspecified atom stereocenters. The lowest BCUT2D eigenvalue weighted by Gasteiger charge is -1.78. The zero-order chi connectivity index (χ0) is 12.0. The van der Waals surface area contributed by atoms with Crippen molar-refractivity contribution < 1.29 is 24.2 Å². The molecule has 5 nitrogen and oxygen atoms in total. The van der Waals surface area contributed by atoms with Crippen LogP contribution in [-0.4, -0.2) is 22.2 Å². The summed E-state index contributed by atoms with van der Waals surface area (Å²) >= 11 is 1.39. The summed E-state index contributed by atoms with van der Waals surface area (Å²) in [6, 6.07) is 2.97. The van der Waals surface area contributed by atoms with Gasteiger partial charge in [0.15, 0.2) is 0 Å². The first-order chi connectivity index (χ1) is 7.61. The predicted molar refractivity (Wildman–Crippen MR) is 56.9 cm³/mol. The number of carboxylic acids is 2. The van der Waals surface area contributed by atoms with Crippen molar-refractivity contribution in [2.75, 3.05) is 0 Å². The van der Waals surface area contributed by atoms with Gasteiger partial charge in [0.1, 0.15) is 6.26 Å². The number of carboxylic acid groups (broad SMARTS) is 2. The Morgan fingerprint density at radius 2 is 1.81 bits per heavy atom. The third-order valence-electron chi connectivity index (χ3n) is 1.54. The molecule has 16 heavy (non-hydrogen) atoms. The van der Waals surface area contributed by atoms with Gasteiger partial charge < -0.3 is 14.6 Å². The van der Waals surface area contributed by atoms with E-state index in [2.05, 4.69) is 4.42 Å². The third kappa shape index (κ3) is 3.58. The number of hydrogen-bond donors (Lipinski definition) is 2. The van der Waals surface area contributed by atoms with Crippen LogP contribution in [-0.2, 0) is 0 Å². The van der Waals surface area contributed by atoms with Gasteiger partial charge in [-0.1, -0.05) is 0 Å². The Morgan fingerprint density at radius 3 is 2.06 bits per heavy atom. The zero-order valence-electron chi connectivity index (χ0n) is 7.99. The number of carbonyl (C=O) groups is 2. The molecule has 0 aliphatic heterocycles. The molecule has 0 amide bonds. The molecule has 0 bridgehead atoms. The van der Waals surface area contributed by atoms with E-state index in [-0.39, 0.29) is 5.56 Å². The minimum atomic E-state index is -0.959. The molecule has 0 aromatic carbocycles. The molecule has 0 fully saturated rings. The van der Waals surface area contributed by atoms with Gasteiger partial charge in [-0.3, -0.25) is 0 Å². The van der Waals surface area contributed by atoms with Crippen LogP contribution in [0, 0.1) is 0 Å². The highest BCUT2D eigenvalue weighted by molar-refractivity contribution is 7.08. The molecule has 0 radical (unpaired) electrons. The number of aromatic carboxylic acids is 2. The molecule has 2 heterocycles. The van der Waals surface area contributed by atoms with E-state index in [4.69, 9.17) is 10.2 Å². The number of furan rings is 1. The molecule has 0 saturated heterocycles. The Balaban J connectivity index is 0.000000160. The highest BCUT2D eigenvalue weighted by atomic mass is 32.1. The monoisotopic (exact) mass is 240 g/mol. The molecular formula is C10H8O5S. The first-order valence-electron chi connectivity index (χ1n) is 4.12. The van der Waals surface area contributed by atoms with Crippen molar-refractivity contribution in [3.8, 4) is 0 Å². The Hall–Kier alpha value is -2.08. The fourth-order valence-electron chi connectivity index (χ4n) is 0.772. The van der Waals surface area contributed by atoms with Crippen LogP contribution in [0.5, 0.6) is 0 Å². The second-order valence-corrected chi connectivity index (χ2v) is 3.41.